The molecule has 1 aliphatic rings. The quantitative estimate of drug-likeness (QED) is 0.799. The number of hydrogen-bond donors (Lipinski definition) is 1. The number of hydrogen-bond acceptors (Lipinski definition) is 5. The Kier molecular flexibility index (Phi) is 4.63. The number of rotatable bonds is 6. The van der Waals surface area contributed by atoms with Gasteiger partial charge in [-0.2, -0.15) is 0 Å². The van der Waals surface area contributed by atoms with Gasteiger partial charge in [-0.1, -0.05) is 36.8 Å². The third kappa shape index (κ3) is 2.54. The molecule has 2 N–H and O–H groups in total. The third-order valence-corrected chi connectivity index (χ3v) is 6.75. The van der Waals surface area contributed by atoms with Crippen LogP contribution in [0.1, 0.15) is 30.9 Å². The van der Waals surface area contributed by atoms with Crippen LogP contribution in [0.25, 0.3) is 0 Å². The Morgan fingerprint density at radius 2 is 1.86 bits per heavy atom. The second kappa shape index (κ2) is 6.01. The van der Waals surface area contributed by atoms with E-state index in [4.69, 9.17) is 10.5 Å². The van der Waals surface area contributed by atoms with Crippen molar-refractivity contribution in [2.24, 2.45) is 11.1 Å². The van der Waals surface area contributed by atoms with Gasteiger partial charge in [-0.15, -0.1) is 0 Å². The molecule has 0 saturated heterocycles. The summed E-state index contributed by atoms with van der Waals surface area (Å²) in [6.07, 6.45) is 0. The number of nitrogens with two attached hydrogens (primary N) is 1. The van der Waals surface area contributed by atoms with Crippen LogP contribution in [0.4, 0.5) is 0 Å². The van der Waals surface area contributed by atoms with E-state index in [1.54, 1.807) is 13.8 Å². The lowest BCUT2D eigenvalue weighted by Gasteiger charge is -2.14. The topological polar surface area (TPSA) is 86.5 Å². The molecule has 0 amide bonds. The summed E-state index contributed by atoms with van der Waals surface area (Å²) in [6.45, 7) is 5.42. The van der Waals surface area contributed by atoms with Crippen molar-refractivity contribution in [2.75, 3.05) is 18.9 Å². The summed E-state index contributed by atoms with van der Waals surface area (Å²) in [5, 5.41) is -0.795. The standard InChI is InChI=1S/C16H23NO4S/c1-4-21-15(18)16(10-17)13(14(16)22(19,20)5-2)12-8-6-11(3)7-9-12/h6-9,13-14H,4-5,10,17H2,1-3H3/t13-,14-,16-/m0/s1. The fraction of sp³-hybridized carbons (Fsp3) is 0.562. The minimum absolute atomic E-state index is 0.0127. The van der Waals surface area contributed by atoms with Crippen molar-refractivity contribution in [1.82, 2.24) is 0 Å². The van der Waals surface area contributed by atoms with E-state index in [-0.39, 0.29) is 18.9 Å². The SMILES string of the molecule is CCOC(=O)[C@@]1(CN)[C@@H](c2ccc(C)cc2)[C@@H]1S(=O)(=O)CC. The molecular formula is C16H23NO4S. The first-order chi connectivity index (χ1) is 10.3. The van der Waals surface area contributed by atoms with Crippen molar-refractivity contribution in [2.45, 2.75) is 31.9 Å². The number of sulfone groups is 1. The minimum atomic E-state index is -3.40. The Hall–Kier alpha value is -1.40. The number of esters is 1. The van der Waals surface area contributed by atoms with Crippen LogP contribution < -0.4 is 5.73 Å². The van der Waals surface area contributed by atoms with Crippen LogP contribution in [0.5, 0.6) is 0 Å². The van der Waals surface area contributed by atoms with Crippen LogP contribution in [-0.4, -0.2) is 38.5 Å². The predicted octanol–water partition coefficient (Wildman–Crippen LogP) is 1.40. The van der Waals surface area contributed by atoms with E-state index >= 15 is 0 Å². The van der Waals surface area contributed by atoms with Gasteiger partial charge in [0.25, 0.3) is 0 Å². The van der Waals surface area contributed by atoms with Crippen LogP contribution in [0.3, 0.4) is 0 Å². The van der Waals surface area contributed by atoms with Gasteiger partial charge in [0.05, 0.1) is 11.9 Å². The molecule has 3 atom stereocenters. The Labute approximate surface area is 131 Å². The number of aryl methyl sites for hydroxylation is 1. The highest BCUT2D eigenvalue weighted by molar-refractivity contribution is 7.92. The largest absolute Gasteiger partial charge is 0.465 e. The monoisotopic (exact) mass is 325 g/mol. The number of carbonyl (C=O) groups excluding carboxylic acids is 1. The molecule has 1 aromatic rings. The highest BCUT2D eigenvalue weighted by Crippen LogP contribution is 2.63. The molecule has 0 bridgehead atoms. The zero-order chi connectivity index (χ0) is 16.5. The van der Waals surface area contributed by atoms with Gasteiger partial charge in [0, 0.05) is 18.2 Å². The average molecular weight is 325 g/mol. The van der Waals surface area contributed by atoms with Gasteiger partial charge < -0.3 is 10.5 Å². The normalized spacial score (nSPS) is 27.5. The lowest BCUT2D eigenvalue weighted by molar-refractivity contribution is -0.149. The first-order valence-electron chi connectivity index (χ1n) is 7.50. The van der Waals surface area contributed by atoms with Crippen molar-refractivity contribution in [3.05, 3.63) is 35.4 Å². The molecule has 122 valence electrons. The summed E-state index contributed by atoms with van der Waals surface area (Å²) in [6, 6.07) is 7.56. The second-order valence-electron chi connectivity index (χ2n) is 5.73. The third-order valence-electron chi connectivity index (χ3n) is 4.48. The molecule has 1 fully saturated rings. The van der Waals surface area contributed by atoms with Crippen molar-refractivity contribution in [3.63, 3.8) is 0 Å². The molecule has 0 heterocycles. The van der Waals surface area contributed by atoms with Crippen molar-refractivity contribution >= 4 is 15.8 Å². The van der Waals surface area contributed by atoms with E-state index in [0.717, 1.165) is 11.1 Å². The number of benzene rings is 1. The summed E-state index contributed by atoms with van der Waals surface area (Å²) in [7, 11) is -3.40. The highest BCUT2D eigenvalue weighted by Gasteiger charge is 2.74. The Balaban J connectivity index is 2.49. The van der Waals surface area contributed by atoms with Crippen LogP contribution in [0, 0.1) is 12.3 Å². The molecule has 0 unspecified atom stereocenters. The van der Waals surface area contributed by atoms with Crippen LogP contribution in [-0.2, 0) is 19.4 Å². The molecule has 1 aromatic carbocycles. The first kappa shape index (κ1) is 17.0. The summed E-state index contributed by atoms with van der Waals surface area (Å²) in [5.74, 6) is -0.950. The fourth-order valence-corrected chi connectivity index (χ4v) is 5.27. The number of ether oxygens (including phenoxy) is 1. The summed E-state index contributed by atoms with van der Waals surface area (Å²) >= 11 is 0. The maximum Gasteiger partial charge on any atom is 0.315 e. The molecular weight excluding hydrogens is 302 g/mol. The highest BCUT2D eigenvalue weighted by atomic mass is 32.2. The lowest BCUT2D eigenvalue weighted by atomic mass is 9.98. The maximum absolute atomic E-state index is 12.4. The van der Waals surface area contributed by atoms with Gasteiger partial charge >= 0.3 is 5.97 Å². The Morgan fingerprint density at radius 3 is 2.32 bits per heavy atom. The molecule has 6 heteroatoms. The molecule has 22 heavy (non-hydrogen) atoms. The van der Waals surface area contributed by atoms with Gasteiger partial charge in [-0.3, -0.25) is 4.79 Å². The average Bonchev–Trinajstić information content (AvgIpc) is 3.20. The van der Waals surface area contributed by atoms with Crippen LogP contribution in [0.15, 0.2) is 24.3 Å². The van der Waals surface area contributed by atoms with E-state index in [9.17, 15) is 13.2 Å². The van der Waals surface area contributed by atoms with Crippen LogP contribution in [0.2, 0.25) is 0 Å². The molecule has 0 aliphatic heterocycles. The van der Waals surface area contributed by atoms with Gasteiger partial charge in [-0.25, -0.2) is 8.42 Å². The zero-order valence-corrected chi connectivity index (χ0v) is 14.0. The van der Waals surface area contributed by atoms with Crippen LogP contribution >= 0.6 is 0 Å². The van der Waals surface area contributed by atoms with Crippen molar-refractivity contribution in [3.8, 4) is 0 Å². The summed E-state index contributed by atoms with van der Waals surface area (Å²) < 4.78 is 30.0. The Morgan fingerprint density at radius 1 is 1.27 bits per heavy atom. The van der Waals surface area contributed by atoms with Gasteiger partial charge in [0.2, 0.25) is 0 Å². The second-order valence-corrected chi connectivity index (χ2v) is 8.14. The van der Waals surface area contributed by atoms with Gasteiger partial charge in [0.15, 0.2) is 9.84 Å². The van der Waals surface area contributed by atoms with E-state index in [2.05, 4.69) is 0 Å². The van der Waals surface area contributed by atoms with Crippen molar-refractivity contribution in [1.29, 1.82) is 0 Å². The zero-order valence-electron chi connectivity index (χ0n) is 13.2. The van der Waals surface area contributed by atoms with Crippen molar-refractivity contribution < 1.29 is 17.9 Å². The molecule has 5 nitrogen and oxygen atoms in total. The number of carbonyl (C=O) groups is 1. The lowest BCUT2D eigenvalue weighted by Crippen LogP contribution is -2.34. The van der Waals surface area contributed by atoms with Gasteiger partial charge in [0.1, 0.15) is 5.41 Å². The predicted molar refractivity (Wildman–Crippen MR) is 85.3 cm³/mol. The smallest absolute Gasteiger partial charge is 0.315 e. The van der Waals surface area contributed by atoms with E-state index in [1.165, 1.54) is 0 Å². The molecule has 0 radical (unpaired) electrons. The molecule has 0 aromatic heterocycles. The summed E-state index contributed by atoms with van der Waals surface area (Å²) in [5.41, 5.74) is 6.58. The Bertz CT molecular complexity index is 653. The molecule has 1 saturated carbocycles. The molecule has 2 rings (SSSR count). The van der Waals surface area contributed by atoms with E-state index in [1.807, 2.05) is 31.2 Å². The molecule has 0 spiro atoms. The fourth-order valence-electron chi connectivity index (χ4n) is 3.19. The molecule has 1 aliphatic carbocycles. The van der Waals surface area contributed by atoms with E-state index < -0.39 is 32.4 Å². The summed E-state index contributed by atoms with van der Waals surface area (Å²) in [4.78, 5) is 12.4. The maximum atomic E-state index is 12.4. The first-order valence-corrected chi connectivity index (χ1v) is 9.22. The van der Waals surface area contributed by atoms with Gasteiger partial charge in [-0.05, 0) is 19.4 Å². The van der Waals surface area contributed by atoms with E-state index in [0.29, 0.717) is 0 Å². The minimum Gasteiger partial charge on any atom is -0.465 e.